The molecular formula is C39H51N5O4. The van der Waals surface area contributed by atoms with Crippen LogP contribution in [0.1, 0.15) is 54.1 Å². The highest BCUT2D eigenvalue weighted by Crippen LogP contribution is 2.40. The number of methoxy groups -OCH3 is 2. The Morgan fingerprint density at radius 1 is 0.979 bits per heavy atom. The molecule has 2 fully saturated rings. The van der Waals surface area contributed by atoms with Crippen LogP contribution in [0.4, 0.5) is 5.95 Å². The molecule has 1 N–H and O–H groups in total. The smallest absolute Gasteiger partial charge is 0.254 e. The quantitative estimate of drug-likeness (QED) is 0.157. The molecule has 9 heteroatoms. The molecule has 0 spiro atoms. The van der Waals surface area contributed by atoms with Crippen LogP contribution in [0.3, 0.4) is 0 Å². The van der Waals surface area contributed by atoms with Crippen LogP contribution in [0.15, 0.2) is 66.7 Å². The van der Waals surface area contributed by atoms with Crippen LogP contribution in [-0.2, 0) is 17.7 Å². The van der Waals surface area contributed by atoms with Crippen molar-refractivity contribution in [1.29, 1.82) is 0 Å². The highest BCUT2D eigenvalue weighted by molar-refractivity contribution is 5.95. The van der Waals surface area contributed by atoms with Crippen LogP contribution < -0.4 is 14.8 Å². The molecule has 48 heavy (non-hydrogen) atoms. The number of amides is 1. The number of nitrogens with one attached hydrogen (secondary N) is 1. The average molecular weight is 654 g/mol. The minimum atomic E-state index is 0.0309. The Morgan fingerprint density at radius 3 is 2.50 bits per heavy atom. The highest BCUT2D eigenvalue weighted by atomic mass is 16.5. The maximum Gasteiger partial charge on any atom is 0.254 e. The Bertz CT molecular complexity index is 1670. The zero-order chi connectivity index (χ0) is 33.5. The Labute approximate surface area is 285 Å². The van der Waals surface area contributed by atoms with Crippen LogP contribution in [0.5, 0.6) is 11.5 Å². The maximum atomic E-state index is 13.9. The first kappa shape index (κ1) is 33.8. The predicted molar refractivity (Wildman–Crippen MR) is 191 cm³/mol. The summed E-state index contributed by atoms with van der Waals surface area (Å²) in [6.07, 6.45) is 5.17. The largest absolute Gasteiger partial charge is 0.493 e. The monoisotopic (exact) mass is 653 g/mol. The van der Waals surface area contributed by atoms with E-state index >= 15 is 0 Å². The Morgan fingerprint density at radius 2 is 1.75 bits per heavy atom. The number of nitrogens with zero attached hydrogens (tertiary/aromatic N) is 4. The van der Waals surface area contributed by atoms with Crippen molar-refractivity contribution in [2.75, 3.05) is 65.5 Å². The molecule has 1 amide bonds. The predicted octanol–water partition coefficient (Wildman–Crippen LogP) is 6.44. The zero-order valence-electron chi connectivity index (χ0n) is 29.0. The molecular weight excluding hydrogens is 602 g/mol. The van der Waals surface area contributed by atoms with E-state index in [-0.39, 0.29) is 11.3 Å². The van der Waals surface area contributed by atoms with E-state index in [1.807, 2.05) is 32.0 Å². The van der Waals surface area contributed by atoms with Gasteiger partial charge in [-0.25, -0.2) is 4.98 Å². The molecule has 6 rings (SSSR count). The molecule has 256 valence electrons. The van der Waals surface area contributed by atoms with Gasteiger partial charge in [0.25, 0.3) is 5.91 Å². The van der Waals surface area contributed by atoms with Gasteiger partial charge in [0.2, 0.25) is 5.95 Å². The molecule has 9 nitrogen and oxygen atoms in total. The second kappa shape index (κ2) is 15.4. The van der Waals surface area contributed by atoms with Crippen LogP contribution >= 0.6 is 0 Å². The van der Waals surface area contributed by atoms with Crippen LogP contribution in [0.2, 0.25) is 0 Å². The van der Waals surface area contributed by atoms with E-state index in [0.717, 1.165) is 93.9 Å². The average Bonchev–Trinajstić information content (AvgIpc) is 3.69. The molecule has 0 aliphatic carbocycles. The van der Waals surface area contributed by atoms with Crippen molar-refractivity contribution < 1.29 is 19.0 Å². The number of rotatable bonds is 14. The number of benzene rings is 3. The minimum Gasteiger partial charge on any atom is -0.493 e. The summed E-state index contributed by atoms with van der Waals surface area (Å²) >= 11 is 0. The minimum absolute atomic E-state index is 0.0309. The topological polar surface area (TPSA) is 81.1 Å². The van der Waals surface area contributed by atoms with E-state index < -0.39 is 0 Å². The zero-order valence-corrected chi connectivity index (χ0v) is 29.0. The van der Waals surface area contributed by atoms with Crippen molar-refractivity contribution in [2.45, 2.75) is 58.5 Å². The van der Waals surface area contributed by atoms with E-state index in [1.54, 1.807) is 14.2 Å². The van der Waals surface area contributed by atoms with Gasteiger partial charge in [0.05, 0.1) is 31.9 Å². The van der Waals surface area contributed by atoms with E-state index in [4.69, 9.17) is 19.2 Å². The van der Waals surface area contributed by atoms with Gasteiger partial charge >= 0.3 is 0 Å². The third-order valence-corrected chi connectivity index (χ3v) is 10.3. The fourth-order valence-corrected chi connectivity index (χ4v) is 7.63. The number of ether oxygens (including phenoxy) is 3. The molecule has 2 aliphatic rings. The van der Waals surface area contributed by atoms with Gasteiger partial charge in [0.15, 0.2) is 11.5 Å². The third kappa shape index (κ3) is 7.63. The van der Waals surface area contributed by atoms with Gasteiger partial charge in [-0.3, -0.25) is 4.79 Å². The molecule has 3 heterocycles. The van der Waals surface area contributed by atoms with E-state index in [0.29, 0.717) is 36.3 Å². The molecule has 2 aliphatic heterocycles. The number of hydrogen-bond acceptors (Lipinski definition) is 7. The summed E-state index contributed by atoms with van der Waals surface area (Å²) in [5.74, 6) is 2.27. The lowest BCUT2D eigenvalue weighted by Gasteiger charge is -2.36. The Balaban J connectivity index is 1.09. The fraction of sp³-hybridized carbons (Fsp3) is 0.487. The number of carbonyl (C=O) groups is 1. The maximum absolute atomic E-state index is 13.9. The summed E-state index contributed by atoms with van der Waals surface area (Å²) in [5.41, 5.74) is 5.08. The molecule has 0 saturated carbocycles. The van der Waals surface area contributed by atoms with Crippen molar-refractivity contribution in [3.05, 3.63) is 83.4 Å². The molecule has 4 aromatic rings. The summed E-state index contributed by atoms with van der Waals surface area (Å²) in [6, 6.07) is 23.2. The summed E-state index contributed by atoms with van der Waals surface area (Å²) in [7, 11) is 3.25. The van der Waals surface area contributed by atoms with Gasteiger partial charge in [0, 0.05) is 50.9 Å². The SMILES string of the molecule is CCOCCn1c(NC2CCN(CCC3(Cc4ccccc4)CCN(C(=O)c4cc(C)c(OC)c(OC)c4)C3)CC2)nc2ccccc21. The lowest BCUT2D eigenvalue weighted by atomic mass is 9.77. The molecule has 3 aromatic carbocycles. The molecule has 0 bridgehead atoms. The van der Waals surface area contributed by atoms with Gasteiger partial charge in [-0.2, -0.15) is 0 Å². The second-order valence-corrected chi connectivity index (χ2v) is 13.5. The lowest BCUT2D eigenvalue weighted by molar-refractivity contribution is 0.0763. The number of aryl methyl sites for hydroxylation is 1. The molecule has 1 aromatic heterocycles. The number of piperidine rings is 1. The van der Waals surface area contributed by atoms with E-state index in [1.165, 1.54) is 5.56 Å². The standard InChI is InChI=1S/C39H51N5O4/c1-5-48-24-23-44-34-14-10-9-13-33(34)41-38(44)40-32-15-19-42(20-16-32)21-17-39(27-30-11-7-6-8-12-30)18-22-43(28-39)37(45)31-25-29(2)36(47-4)35(26-31)46-3/h6-14,25-26,32H,5,15-24,27-28H2,1-4H3,(H,40,41). The van der Waals surface area contributed by atoms with Crippen LogP contribution in [0, 0.1) is 12.3 Å². The van der Waals surface area contributed by atoms with Crippen LogP contribution in [-0.4, -0.2) is 91.5 Å². The number of fused-ring (bicyclic) bond motifs is 1. The number of anilines is 1. The van der Waals surface area contributed by atoms with Gasteiger partial charge in [-0.1, -0.05) is 42.5 Å². The number of imidazole rings is 1. The summed E-state index contributed by atoms with van der Waals surface area (Å²) < 4.78 is 19.0. The number of hydrogen-bond donors (Lipinski definition) is 1. The highest BCUT2D eigenvalue weighted by Gasteiger charge is 2.40. The summed E-state index contributed by atoms with van der Waals surface area (Å²) in [4.78, 5) is 23.5. The molecule has 2 saturated heterocycles. The number of carbonyl (C=O) groups excluding carboxylic acids is 1. The van der Waals surface area contributed by atoms with E-state index in [9.17, 15) is 4.79 Å². The summed E-state index contributed by atoms with van der Waals surface area (Å²) in [6.45, 7) is 10.8. The molecule has 1 atom stereocenters. The van der Waals surface area contributed by atoms with Crippen molar-refractivity contribution in [1.82, 2.24) is 19.4 Å². The van der Waals surface area contributed by atoms with Crippen molar-refractivity contribution in [3.63, 3.8) is 0 Å². The normalized spacial score (nSPS) is 18.8. The van der Waals surface area contributed by atoms with Gasteiger partial charge in [0.1, 0.15) is 0 Å². The second-order valence-electron chi connectivity index (χ2n) is 13.5. The molecule has 1 unspecified atom stereocenters. The third-order valence-electron chi connectivity index (χ3n) is 10.3. The first-order valence-electron chi connectivity index (χ1n) is 17.5. The van der Waals surface area contributed by atoms with Crippen LogP contribution in [0.25, 0.3) is 11.0 Å². The number of aromatic nitrogens is 2. The summed E-state index contributed by atoms with van der Waals surface area (Å²) in [5, 5.41) is 3.79. The molecule has 0 radical (unpaired) electrons. The van der Waals surface area contributed by atoms with Gasteiger partial charge in [-0.05, 0) is 93.3 Å². The van der Waals surface area contributed by atoms with Crippen molar-refractivity contribution >= 4 is 22.9 Å². The number of para-hydroxylation sites is 2. The fourth-order valence-electron chi connectivity index (χ4n) is 7.63. The first-order valence-corrected chi connectivity index (χ1v) is 17.5. The van der Waals surface area contributed by atoms with E-state index in [2.05, 4.69) is 68.2 Å². The lowest BCUT2D eigenvalue weighted by Crippen LogP contribution is -2.42. The first-order chi connectivity index (χ1) is 23.4. The Kier molecular flexibility index (Phi) is 10.9. The van der Waals surface area contributed by atoms with Gasteiger partial charge < -0.3 is 33.9 Å². The van der Waals surface area contributed by atoms with Crippen molar-refractivity contribution in [2.24, 2.45) is 5.41 Å². The Hall–Kier alpha value is -4.08. The van der Waals surface area contributed by atoms with Crippen molar-refractivity contribution in [3.8, 4) is 11.5 Å². The van der Waals surface area contributed by atoms with Gasteiger partial charge in [-0.15, -0.1) is 0 Å². The number of likely N-dealkylation sites (tertiary alicyclic amines) is 2.